The Morgan fingerprint density at radius 1 is 1.19 bits per heavy atom. The van der Waals surface area contributed by atoms with Gasteiger partial charge < -0.3 is 19.1 Å². The molecule has 0 N–H and O–H groups in total. The van der Waals surface area contributed by atoms with E-state index < -0.39 is 0 Å². The molecular weight excluding hydrogens is 350 g/mol. The van der Waals surface area contributed by atoms with Gasteiger partial charge in [-0.2, -0.15) is 0 Å². The molecule has 2 heterocycles. The molecule has 1 amide bonds. The molecular formula is C18H25N5O2S. The molecule has 2 aromatic rings. The number of methoxy groups -OCH3 is 1. The van der Waals surface area contributed by atoms with E-state index in [9.17, 15) is 4.79 Å². The minimum atomic E-state index is 0.155. The van der Waals surface area contributed by atoms with Crippen molar-refractivity contribution in [3.8, 4) is 5.75 Å². The van der Waals surface area contributed by atoms with Gasteiger partial charge in [0.25, 0.3) is 0 Å². The van der Waals surface area contributed by atoms with Crippen molar-refractivity contribution in [1.82, 2.24) is 19.7 Å². The number of hydrogen-bond donors (Lipinski definition) is 0. The number of piperazine rings is 1. The van der Waals surface area contributed by atoms with Crippen molar-refractivity contribution in [3.63, 3.8) is 0 Å². The van der Waals surface area contributed by atoms with E-state index in [0.29, 0.717) is 5.75 Å². The fourth-order valence-corrected chi connectivity index (χ4v) is 3.86. The first-order valence-corrected chi connectivity index (χ1v) is 9.76. The molecule has 3 rings (SSSR count). The Labute approximate surface area is 158 Å². The second-order valence-electron chi connectivity index (χ2n) is 6.47. The molecule has 0 atom stereocenters. The average Bonchev–Trinajstić information content (AvgIpc) is 3.15. The van der Waals surface area contributed by atoms with Crippen molar-refractivity contribution in [2.24, 2.45) is 0 Å². The maximum atomic E-state index is 12.5. The third-order valence-corrected chi connectivity index (χ3v) is 5.43. The van der Waals surface area contributed by atoms with E-state index in [1.807, 2.05) is 21.6 Å². The lowest BCUT2D eigenvalue weighted by Gasteiger charge is -2.36. The van der Waals surface area contributed by atoms with E-state index in [1.54, 1.807) is 13.4 Å². The number of hydrogen-bond acceptors (Lipinski definition) is 6. The van der Waals surface area contributed by atoms with Crippen LogP contribution in [0.3, 0.4) is 0 Å². The van der Waals surface area contributed by atoms with Crippen molar-refractivity contribution in [2.75, 3.05) is 43.9 Å². The molecule has 8 heteroatoms. The number of nitrogens with zero attached hydrogens (tertiary/aromatic N) is 5. The summed E-state index contributed by atoms with van der Waals surface area (Å²) < 4.78 is 7.19. The van der Waals surface area contributed by atoms with Crippen LogP contribution in [0.25, 0.3) is 0 Å². The van der Waals surface area contributed by atoms with Crippen LogP contribution < -0.4 is 9.64 Å². The highest BCUT2D eigenvalue weighted by Gasteiger charge is 2.22. The topological polar surface area (TPSA) is 63.5 Å². The summed E-state index contributed by atoms with van der Waals surface area (Å²) in [7, 11) is 1.67. The molecule has 0 unspecified atom stereocenters. The molecule has 1 fully saturated rings. The zero-order chi connectivity index (χ0) is 18.5. The quantitative estimate of drug-likeness (QED) is 0.722. The van der Waals surface area contributed by atoms with E-state index in [4.69, 9.17) is 4.74 Å². The molecule has 0 saturated carbocycles. The zero-order valence-corrected chi connectivity index (χ0v) is 16.3. The van der Waals surface area contributed by atoms with E-state index in [1.165, 1.54) is 11.8 Å². The number of carbonyl (C=O) groups excluding carboxylic acids is 1. The predicted octanol–water partition coefficient (Wildman–Crippen LogP) is 2.31. The van der Waals surface area contributed by atoms with Gasteiger partial charge in [0.15, 0.2) is 5.16 Å². The van der Waals surface area contributed by atoms with Gasteiger partial charge in [-0.15, -0.1) is 10.2 Å². The summed E-state index contributed by atoms with van der Waals surface area (Å²) >= 11 is 1.46. The predicted molar refractivity (Wildman–Crippen MR) is 103 cm³/mol. The minimum Gasteiger partial charge on any atom is -0.497 e. The van der Waals surface area contributed by atoms with Gasteiger partial charge in [0.1, 0.15) is 12.1 Å². The van der Waals surface area contributed by atoms with E-state index in [0.717, 1.165) is 42.8 Å². The van der Waals surface area contributed by atoms with Crippen LogP contribution in [0.4, 0.5) is 5.69 Å². The van der Waals surface area contributed by atoms with Crippen LogP contribution in [0.15, 0.2) is 35.7 Å². The first kappa shape index (κ1) is 18.6. The number of amides is 1. The van der Waals surface area contributed by atoms with Crippen molar-refractivity contribution >= 4 is 23.4 Å². The van der Waals surface area contributed by atoms with E-state index >= 15 is 0 Å². The van der Waals surface area contributed by atoms with Crippen molar-refractivity contribution in [2.45, 2.75) is 25.0 Å². The summed E-state index contributed by atoms with van der Waals surface area (Å²) in [5.41, 5.74) is 1.16. The first-order valence-electron chi connectivity index (χ1n) is 8.77. The highest BCUT2D eigenvalue weighted by Crippen LogP contribution is 2.22. The largest absolute Gasteiger partial charge is 0.497 e. The SMILES string of the molecule is COc1ccc(N2CCN(C(=O)CSc3nncn3C(C)C)CC2)cc1. The Morgan fingerprint density at radius 2 is 1.88 bits per heavy atom. The lowest BCUT2D eigenvalue weighted by Crippen LogP contribution is -2.49. The number of aromatic nitrogens is 3. The molecule has 1 aliphatic rings. The van der Waals surface area contributed by atoms with Crippen LogP contribution in [0, 0.1) is 0 Å². The number of anilines is 1. The average molecular weight is 375 g/mol. The Balaban J connectivity index is 1.49. The normalized spacial score (nSPS) is 14.8. The van der Waals surface area contributed by atoms with Gasteiger partial charge in [0, 0.05) is 37.9 Å². The summed E-state index contributed by atoms with van der Waals surface area (Å²) in [5, 5.41) is 8.84. The van der Waals surface area contributed by atoms with Gasteiger partial charge in [0.05, 0.1) is 12.9 Å². The minimum absolute atomic E-state index is 0.155. The van der Waals surface area contributed by atoms with Crippen LogP contribution in [-0.2, 0) is 4.79 Å². The van der Waals surface area contributed by atoms with Crippen LogP contribution in [0.1, 0.15) is 19.9 Å². The van der Waals surface area contributed by atoms with Gasteiger partial charge in [-0.1, -0.05) is 11.8 Å². The van der Waals surface area contributed by atoms with Crippen LogP contribution in [0.2, 0.25) is 0 Å². The smallest absolute Gasteiger partial charge is 0.233 e. The van der Waals surface area contributed by atoms with Crippen LogP contribution >= 0.6 is 11.8 Å². The summed E-state index contributed by atoms with van der Waals surface area (Å²) in [6, 6.07) is 8.34. The Hall–Kier alpha value is -2.22. The maximum absolute atomic E-state index is 12.5. The van der Waals surface area contributed by atoms with Gasteiger partial charge in [-0.3, -0.25) is 4.79 Å². The monoisotopic (exact) mass is 375 g/mol. The highest BCUT2D eigenvalue weighted by atomic mass is 32.2. The van der Waals surface area contributed by atoms with Crippen LogP contribution in [0.5, 0.6) is 5.75 Å². The molecule has 1 saturated heterocycles. The molecule has 0 radical (unpaired) electrons. The Morgan fingerprint density at radius 3 is 2.50 bits per heavy atom. The number of ether oxygens (including phenoxy) is 1. The second-order valence-corrected chi connectivity index (χ2v) is 7.41. The van der Waals surface area contributed by atoms with Gasteiger partial charge in [0.2, 0.25) is 5.91 Å². The lowest BCUT2D eigenvalue weighted by molar-refractivity contribution is -0.128. The molecule has 140 valence electrons. The molecule has 1 aromatic carbocycles. The second kappa shape index (κ2) is 8.44. The number of benzene rings is 1. The van der Waals surface area contributed by atoms with Gasteiger partial charge in [-0.25, -0.2) is 0 Å². The summed E-state index contributed by atoms with van der Waals surface area (Å²) in [6.45, 7) is 7.31. The molecule has 0 spiro atoms. The number of carbonyl (C=O) groups is 1. The Kier molecular flexibility index (Phi) is 6.03. The summed E-state index contributed by atoms with van der Waals surface area (Å²) in [5.74, 6) is 1.41. The molecule has 7 nitrogen and oxygen atoms in total. The third kappa shape index (κ3) is 4.30. The number of thioether (sulfide) groups is 1. The van der Waals surface area contributed by atoms with Crippen molar-refractivity contribution < 1.29 is 9.53 Å². The van der Waals surface area contributed by atoms with Crippen molar-refractivity contribution in [1.29, 1.82) is 0 Å². The fourth-order valence-electron chi connectivity index (χ4n) is 2.91. The molecule has 1 aliphatic heterocycles. The van der Waals surface area contributed by atoms with E-state index in [-0.39, 0.29) is 11.9 Å². The molecule has 1 aromatic heterocycles. The van der Waals surface area contributed by atoms with E-state index in [2.05, 4.69) is 41.1 Å². The first-order chi connectivity index (χ1) is 12.6. The fraction of sp³-hybridized carbons (Fsp3) is 0.500. The molecule has 0 aliphatic carbocycles. The summed E-state index contributed by atoms with van der Waals surface area (Å²) in [4.78, 5) is 16.7. The van der Waals surface area contributed by atoms with Crippen molar-refractivity contribution in [3.05, 3.63) is 30.6 Å². The maximum Gasteiger partial charge on any atom is 0.233 e. The van der Waals surface area contributed by atoms with Gasteiger partial charge >= 0.3 is 0 Å². The van der Waals surface area contributed by atoms with Crippen LogP contribution in [-0.4, -0.2) is 64.6 Å². The lowest BCUT2D eigenvalue weighted by atomic mass is 10.2. The number of rotatable bonds is 6. The molecule has 26 heavy (non-hydrogen) atoms. The third-order valence-electron chi connectivity index (χ3n) is 4.49. The van der Waals surface area contributed by atoms with Gasteiger partial charge in [-0.05, 0) is 38.1 Å². The standard InChI is InChI=1S/C18H25N5O2S/c1-14(2)23-13-19-20-18(23)26-12-17(24)22-10-8-21(9-11-22)15-4-6-16(25-3)7-5-15/h4-7,13-14H,8-12H2,1-3H3. The zero-order valence-electron chi connectivity index (χ0n) is 15.5. The highest BCUT2D eigenvalue weighted by molar-refractivity contribution is 7.99. The molecule has 0 bridgehead atoms. The Bertz CT molecular complexity index is 723. The summed E-state index contributed by atoms with van der Waals surface area (Å²) in [6.07, 6.45) is 1.71.